The van der Waals surface area contributed by atoms with Crippen LogP contribution < -0.4 is 0 Å². The van der Waals surface area contributed by atoms with Gasteiger partial charge in [-0.15, -0.1) is 0 Å². The van der Waals surface area contributed by atoms with Gasteiger partial charge in [-0.1, -0.05) is 0 Å². The van der Waals surface area contributed by atoms with Crippen molar-refractivity contribution in [1.29, 1.82) is 0 Å². The molecule has 0 N–H and O–H groups in total. The van der Waals surface area contributed by atoms with Gasteiger partial charge >= 0.3 is 262 Å². The summed E-state index contributed by atoms with van der Waals surface area (Å²) in [6.45, 7) is 18.1. The Bertz CT molecular complexity index is 1760. The third-order valence-corrected chi connectivity index (χ3v) is 29.1. The van der Waals surface area contributed by atoms with Gasteiger partial charge in [-0.05, 0) is 0 Å². The fourth-order valence-corrected chi connectivity index (χ4v) is 24.6. The Hall–Kier alpha value is -2.05. The van der Waals surface area contributed by atoms with E-state index in [0.717, 1.165) is 0 Å². The predicted octanol–water partition coefficient (Wildman–Crippen LogP) is 12.0. The van der Waals surface area contributed by atoms with E-state index in [4.69, 9.17) is 17.0 Å². The molecule has 1 unspecified atom stereocenters. The molecule has 0 radical (unpaired) electrons. The first kappa shape index (κ1) is 30.0. The summed E-state index contributed by atoms with van der Waals surface area (Å²) >= 11 is -4.97. The zero-order chi connectivity index (χ0) is 30.3. The Kier molecular flexibility index (Phi) is 7.13. The summed E-state index contributed by atoms with van der Waals surface area (Å²) in [5, 5.41) is 0. The van der Waals surface area contributed by atoms with Crippen molar-refractivity contribution < 1.29 is 15.9 Å². The molecule has 0 amide bonds. The van der Waals surface area contributed by atoms with E-state index < -0.39 is 15.9 Å². The van der Waals surface area contributed by atoms with Crippen molar-refractivity contribution in [3.63, 3.8) is 0 Å². The molecule has 0 heterocycles. The van der Waals surface area contributed by atoms with Crippen molar-refractivity contribution >= 4 is 26.8 Å². The van der Waals surface area contributed by atoms with Gasteiger partial charge in [-0.2, -0.15) is 0 Å². The molecule has 0 nitrogen and oxygen atoms in total. The van der Waals surface area contributed by atoms with Gasteiger partial charge in [0.25, 0.3) is 0 Å². The molecule has 0 aromatic heterocycles. The molecule has 42 heavy (non-hydrogen) atoms. The van der Waals surface area contributed by atoms with Gasteiger partial charge in [-0.25, -0.2) is 0 Å². The molecule has 2 aliphatic rings. The summed E-state index contributed by atoms with van der Waals surface area (Å²) in [4.78, 5) is 0. The van der Waals surface area contributed by atoms with Crippen LogP contribution in [0, 0.1) is 0 Å². The van der Waals surface area contributed by atoms with Gasteiger partial charge in [0.05, 0.1) is 0 Å². The predicted molar refractivity (Wildman–Crippen MR) is 183 cm³/mol. The Morgan fingerprint density at radius 2 is 1.17 bits per heavy atom. The van der Waals surface area contributed by atoms with E-state index in [1.165, 1.54) is 61.2 Å². The molecule has 4 aromatic carbocycles. The van der Waals surface area contributed by atoms with Gasteiger partial charge in [0.1, 0.15) is 0 Å². The Morgan fingerprint density at radius 3 is 1.67 bits per heavy atom. The zero-order valence-electron chi connectivity index (χ0n) is 26.1. The zero-order valence-corrected chi connectivity index (χ0v) is 30.1. The molecule has 216 valence electrons. The monoisotopic (exact) mass is 670 g/mol. The van der Waals surface area contributed by atoms with Crippen LogP contribution in [0.2, 0.25) is 0 Å². The Morgan fingerprint density at radius 1 is 0.619 bits per heavy atom. The van der Waals surface area contributed by atoms with Crippen LogP contribution in [0.4, 0.5) is 0 Å². The normalized spacial score (nSPS) is 17.0. The van der Waals surface area contributed by atoms with Crippen LogP contribution in [-0.4, -0.2) is 3.71 Å². The quantitative estimate of drug-likeness (QED) is 0.203. The van der Waals surface area contributed by atoms with E-state index in [1.54, 1.807) is 0 Å². The number of rotatable bonds is 3. The average molecular weight is 673 g/mol. The summed E-state index contributed by atoms with van der Waals surface area (Å²) in [5.74, 6) is 0. The Balaban J connectivity index is 1.64. The van der Waals surface area contributed by atoms with Crippen molar-refractivity contribution in [2.45, 2.75) is 73.5 Å². The summed E-state index contributed by atoms with van der Waals surface area (Å²) in [5.41, 5.74) is 14.1. The molecular formula is C39H42Cl2Zr. The minimum absolute atomic E-state index is 0.0150. The topological polar surface area (TPSA) is 0 Å². The van der Waals surface area contributed by atoms with Crippen molar-refractivity contribution in [3.8, 4) is 22.3 Å². The molecular weight excluding hydrogens is 631 g/mol. The van der Waals surface area contributed by atoms with E-state index in [9.17, 15) is 0 Å². The molecule has 0 saturated carbocycles. The molecule has 1 atom stereocenters. The van der Waals surface area contributed by atoms with Crippen LogP contribution >= 0.6 is 17.0 Å². The minimum atomic E-state index is -4.97. The third-order valence-electron chi connectivity index (χ3n) is 9.77. The first-order chi connectivity index (χ1) is 19.6. The molecule has 0 aliphatic heterocycles. The number of hydrogen-bond donors (Lipinski definition) is 0. The number of halogens is 2. The van der Waals surface area contributed by atoms with Crippen molar-refractivity contribution in [2.24, 2.45) is 0 Å². The van der Waals surface area contributed by atoms with E-state index in [2.05, 4.69) is 150 Å². The van der Waals surface area contributed by atoms with Crippen LogP contribution in [0.3, 0.4) is 0 Å². The van der Waals surface area contributed by atoms with Gasteiger partial charge in [0.15, 0.2) is 0 Å². The maximum absolute atomic E-state index is 8.38. The second-order valence-corrected chi connectivity index (χ2v) is 36.0. The second kappa shape index (κ2) is 9.99. The number of fused-ring (bicyclic) bond motifs is 4. The number of hydrogen-bond acceptors (Lipinski definition) is 0. The third kappa shape index (κ3) is 4.62. The fourth-order valence-electron chi connectivity index (χ4n) is 7.44. The number of allylic oxidation sites excluding steroid dienone is 1. The van der Waals surface area contributed by atoms with Crippen molar-refractivity contribution in [2.75, 3.05) is 0 Å². The average Bonchev–Trinajstić information content (AvgIpc) is 3.47. The van der Waals surface area contributed by atoms with Crippen LogP contribution in [0.1, 0.15) is 96.0 Å². The standard InChI is InChI=1S/C21H25.C16H13.C2H4.2ClH.Zr/c1-20(2,3)16-7-9-18-14(12-16)11-15-13-17(21(4,5)6)8-10-19(15)18;1-12-10-14-8-5-9-15(16(14)11-12)13-6-3-2-4-7-13;1-2;;;/h7-13H,1-6H3;2-11H,1H3;1H,2H3;2*1H;/q;;;;;+2/p-2. The summed E-state index contributed by atoms with van der Waals surface area (Å²) < 4.78 is 2.22. The number of benzene rings is 4. The molecule has 0 spiro atoms. The van der Waals surface area contributed by atoms with Crippen LogP contribution in [0.25, 0.3) is 28.3 Å². The summed E-state index contributed by atoms with van der Waals surface area (Å²) in [7, 11) is 16.8. The molecule has 2 aliphatic carbocycles. The van der Waals surface area contributed by atoms with Crippen molar-refractivity contribution in [1.82, 2.24) is 0 Å². The van der Waals surface area contributed by atoms with E-state index in [0.29, 0.717) is 0 Å². The fraction of sp³-hybridized carbons (Fsp3) is 0.308. The van der Waals surface area contributed by atoms with Gasteiger partial charge in [0.2, 0.25) is 0 Å². The van der Waals surface area contributed by atoms with E-state index >= 15 is 0 Å². The molecule has 4 aromatic rings. The first-order valence-corrected chi connectivity index (χ1v) is 25.8. The second-order valence-electron chi connectivity index (χ2n) is 14.5. The molecule has 0 fully saturated rings. The van der Waals surface area contributed by atoms with Gasteiger partial charge in [-0.3, -0.25) is 0 Å². The van der Waals surface area contributed by atoms with Crippen LogP contribution in [0.15, 0.2) is 90.5 Å². The van der Waals surface area contributed by atoms with Gasteiger partial charge in [0, 0.05) is 0 Å². The van der Waals surface area contributed by atoms with Crippen molar-refractivity contribution in [3.05, 3.63) is 124 Å². The Labute approximate surface area is 260 Å². The summed E-state index contributed by atoms with van der Waals surface area (Å²) in [6.07, 6.45) is 2.36. The van der Waals surface area contributed by atoms with E-state index in [1.807, 2.05) is 0 Å². The first-order valence-electron chi connectivity index (χ1n) is 15.2. The SMILES string of the molecule is C[CH]=[Zr]([Cl])([Cl])([CH]1C(C)=Cc2c(-c3ccccc3)cccc21)[CH]1c2cc(C(C)(C)C)ccc2-c2ccc(C(C)(C)C)cc21. The molecule has 3 heteroatoms. The molecule has 6 rings (SSSR count). The van der Waals surface area contributed by atoms with Crippen LogP contribution in [0.5, 0.6) is 0 Å². The van der Waals surface area contributed by atoms with Crippen LogP contribution in [-0.2, 0) is 26.7 Å². The maximum atomic E-state index is 8.38. The van der Waals surface area contributed by atoms with Gasteiger partial charge < -0.3 is 0 Å². The molecule has 0 saturated heterocycles. The molecule has 0 bridgehead atoms. The van der Waals surface area contributed by atoms with E-state index in [-0.39, 0.29) is 18.1 Å². The summed E-state index contributed by atoms with van der Waals surface area (Å²) in [6, 6.07) is 31.5.